The number of aromatic nitrogens is 2. The minimum Gasteiger partial charge on any atom is -0.380 e. The van der Waals surface area contributed by atoms with Crippen LogP contribution in [-0.4, -0.2) is 9.55 Å². The summed E-state index contributed by atoms with van der Waals surface area (Å²) in [7, 11) is 0. The summed E-state index contributed by atoms with van der Waals surface area (Å²) in [6.45, 7) is 4.10. The third kappa shape index (κ3) is 3.60. The molecule has 0 spiro atoms. The van der Waals surface area contributed by atoms with Crippen molar-refractivity contribution in [2.45, 2.75) is 26.4 Å². The Kier molecular flexibility index (Phi) is 4.20. The van der Waals surface area contributed by atoms with E-state index in [1.807, 2.05) is 12.3 Å². The third-order valence-electron chi connectivity index (χ3n) is 2.50. The van der Waals surface area contributed by atoms with Crippen molar-refractivity contribution in [2.75, 3.05) is 5.32 Å². The zero-order valence-corrected chi connectivity index (χ0v) is 11.4. The topological polar surface area (TPSA) is 29.9 Å². The van der Waals surface area contributed by atoms with Gasteiger partial charge in [-0.05, 0) is 40.0 Å². The van der Waals surface area contributed by atoms with Gasteiger partial charge in [-0.2, -0.15) is 0 Å². The van der Waals surface area contributed by atoms with E-state index in [9.17, 15) is 0 Å². The van der Waals surface area contributed by atoms with Gasteiger partial charge in [-0.15, -0.1) is 0 Å². The molecule has 0 atom stereocenters. The molecule has 0 bridgehead atoms. The maximum atomic E-state index is 4.12. The van der Waals surface area contributed by atoms with E-state index in [0.717, 1.165) is 29.7 Å². The predicted octanol–water partition coefficient (Wildman–Crippen LogP) is 3.67. The Hall–Kier alpha value is -1.29. The van der Waals surface area contributed by atoms with Crippen LogP contribution in [-0.2, 0) is 13.1 Å². The molecule has 0 unspecified atom stereocenters. The van der Waals surface area contributed by atoms with E-state index in [1.54, 1.807) is 6.20 Å². The molecule has 0 saturated carbocycles. The SMILES string of the molecule is CCCn1ccc(CNc2cncc(Br)c2)c1. The zero-order valence-electron chi connectivity index (χ0n) is 9.86. The Labute approximate surface area is 110 Å². The Morgan fingerprint density at radius 1 is 1.41 bits per heavy atom. The molecule has 0 radical (unpaired) electrons. The average Bonchev–Trinajstić information content (AvgIpc) is 2.75. The molecule has 0 aromatic carbocycles. The quantitative estimate of drug-likeness (QED) is 0.912. The van der Waals surface area contributed by atoms with Crippen LogP contribution >= 0.6 is 15.9 Å². The van der Waals surface area contributed by atoms with Gasteiger partial charge in [0.05, 0.1) is 11.9 Å². The highest BCUT2D eigenvalue weighted by atomic mass is 79.9. The summed E-state index contributed by atoms with van der Waals surface area (Å²) in [4.78, 5) is 4.12. The maximum Gasteiger partial charge on any atom is 0.0540 e. The molecule has 0 amide bonds. The summed E-state index contributed by atoms with van der Waals surface area (Å²) in [6.07, 6.45) is 9.08. The van der Waals surface area contributed by atoms with Crippen LogP contribution < -0.4 is 5.32 Å². The van der Waals surface area contributed by atoms with Gasteiger partial charge in [-0.25, -0.2) is 0 Å². The molecule has 3 nitrogen and oxygen atoms in total. The summed E-state index contributed by atoms with van der Waals surface area (Å²) in [5.74, 6) is 0. The number of nitrogens with one attached hydrogen (secondary N) is 1. The molecular formula is C13H16BrN3. The van der Waals surface area contributed by atoms with Crippen molar-refractivity contribution in [2.24, 2.45) is 0 Å². The standard InChI is InChI=1S/C13H16BrN3/c1-2-4-17-5-3-11(10-17)7-16-13-6-12(14)8-15-9-13/h3,5-6,8-10,16H,2,4,7H2,1H3. The molecule has 2 aromatic rings. The summed E-state index contributed by atoms with van der Waals surface area (Å²) < 4.78 is 3.21. The minimum absolute atomic E-state index is 0.828. The van der Waals surface area contributed by atoms with Gasteiger partial charge in [0.25, 0.3) is 0 Å². The number of nitrogens with zero attached hydrogens (tertiary/aromatic N) is 2. The monoisotopic (exact) mass is 293 g/mol. The lowest BCUT2D eigenvalue weighted by Gasteiger charge is -2.04. The molecule has 0 saturated heterocycles. The highest BCUT2D eigenvalue weighted by Crippen LogP contribution is 2.14. The fourth-order valence-corrected chi connectivity index (χ4v) is 2.07. The van der Waals surface area contributed by atoms with E-state index in [-0.39, 0.29) is 0 Å². The first-order valence-corrected chi connectivity index (χ1v) is 6.56. The van der Waals surface area contributed by atoms with Gasteiger partial charge >= 0.3 is 0 Å². The lowest BCUT2D eigenvalue weighted by atomic mass is 10.3. The van der Waals surface area contributed by atoms with Crippen molar-refractivity contribution in [1.82, 2.24) is 9.55 Å². The maximum absolute atomic E-state index is 4.12. The van der Waals surface area contributed by atoms with Crippen molar-refractivity contribution < 1.29 is 0 Å². The predicted molar refractivity (Wildman–Crippen MR) is 74.0 cm³/mol. The van der Waals surface area contributed by atoms with E-state index < -0.39 is 0 Å². The second-order valence-corrected chi connectivity index (χ2v) is 4.92. The number of aryl methyl sites for hydroxylation is 1. The molecule has 0 fully saturated rings. The fourth-order valence-electron chi connectivity index (χ4n) is 1.71. The average molecular weight is 294 g/mol. The van der Waals surface area contributed by atoms with Gasteiger partial charge < -0.3 is 9.88 Å². The van der Waals surface area contributed by atoms with Crippen LogP contribution in [0.2, 0.25) is 0 Å². The van der Waals surface area contributed by atoms with Gasteiger partial charge in [0, 0.05) is 36.2 Å². The highest BCUT2D eigenvalue weighted by molar-refractivity contribution is 9.10. The second kappa shape index (κ2) is 5.87. The highest BCUT2D eigenvalue weighted by Gasteiger charge is 1.98. The van der Waals surface area contributed by atoms with E-state index in [1.165, 1.54) is 5.56 Å². The third-order valence-corrected chi connectivity index (χ3v) is 2.93. The first-order chi connectivity index (χ1) is 8.28. The first-order valence-electron chi connectivity index (χ1n) is 5.77. The molecule has 4 heteroatoms. The Bertz CT molecular complexity index is 479. The number of hydrogen-bond acceptors (Lipinski definition) is 2. The molecule has 2 rings (SSSR count). The smallest absolute Gasteiger partial charge is 0.0540 e. The zero-order chi connectivity index (χ0) is 12.1. The largest absolute Gasteiger partial charge is 0.380 e. The van der Waals surface area contributed by atoms with Crippen LogP contribution in [0.5, 0.6) is 0 Å². The molecule has 0 aliphatic heterocycles. The van der Waals surface area contributed by atoms with Crippen LogP contribution in [0, 0.1) is 0 Å². The molecular weight excluding hydrogens is 278 g/mol. The summed E-state index contributed by atoms with van der Waals surface area (Å²) in [5.41, 5.74) is 2.32. The lowest BCUT2D eigenvalue weighted by Crippen LogP contribution is -1.99. The summed E-state index contributed by atoms with van der Waals surface area (Å²) in [5, 5.41) is 3.35. The lowest BCUT2D eigenvalue weighted by molar-refractivity contribution is 0.681. The molecule has 2 aromatic heterocycles. The van der Waals surface area contributed by atoms with Crippen LogP contribution in [0.1, 0.15) is 18.9 Å². The van der Waals surface area contributed by atoms with E-state index in [4.69, 9.17) is 0 Å². The van der Waals surface area contributed by atoms with Crippen molar-refractivity contribution in [3.63, 3.8) is 0 Å². The van der Waals surface area contributed by atoms with Gasteiger partial charge in [0.15, 0.2) is 0 Å². The van der Waals surface area contributed by atoms with E-state index >= 15 is 0 Å². The fraction of sp³-hybridized carbons (Fsp3) is 0.308. The van der Waals surface area contributed by atoms with E-state index in [0.29, 0.717) is 0 Å². The van der Waals surface area contributed by atoms with Gasteiger partial charge in [0.1, 0.15) is 0 Å². The molecule has 17 heavy (non-hydrogen) atoms. The van der Waals surface area contributed by atoms with Crippen molar-refractivity contribution >= 4 is 21.6 Å². The minimum atomic E-state index is 0.828. The van der Waals surface area contributed by atoms with Gasteiger partial charge in [-0.1, -0.05) is 6.92 Å². The van der Waals surface area contributed by atoms with Crippen molar-refractivity contribution in [3.05, 3.63) is 47.0 Å². The van der Waals surface area contributed by atoms with Crippen molar-refractivity contribution in [1.29, 1.82) is 0 Å². The summed E-state index contributed by atoms with van der Waals surface area (Å²) >= 11 is 3.41. The Balaban J connectivity index is 1.93. The normalized spacial score (nSPS) is 10.5. The van der Waals surface area contributed by atoms with Gasteiger partial charge in [0.2, 0.25) is 0 Å². The van der Waals surface area contributed by atoms with E-state index in [2.05, 4.69) is 56.2 Å². The second-order valence-electron chi connectivity index (χ2n) is 4.00. The number of halogens is 1. The number of anilines is 1. The van der Waals surface area contributed by atoms with Crippen LogP contribution in [0.3, 0.4) is 0 Å². The molecule has 0 aliphatic rings. The Morgan fingerprint density at radius 2 is 2.29 bits per heavy atom. The molecule has 2 heterocycles. The van der Waals surface area contributed by atoms with Crippen LogP contribution in [0.15, 0.2) is 41.4 Å². The van der Waals surface area contributed by atoms with Crippen molar-refractivity contribution in [3.8, 4) is 0 Å². The number of pyridine rings is 1. The number of hydrogen-bond donors (Lipinski definition) is 1. The van der Waals surface area contributed by atoms with Crippen LogP contribution in [0.4, 0.5) is 5.69 Å². The number of rotatable bonds is 5. The molecule has 1 N–H and O–H groups in total. The Morgan fingerprint density at radius 3 is 3.06 bits per heavy atom. The summed E-state index contributed by atoms with van der Waals surface area (Å²) in [6, 6.07) is 4.17. The molecule has 90 valence electrons. The molecule has 0 aliphatic carbocycles. The van der Waals surface area contributed by atoms with Gasteiger partial charge in [-0.3, -0.25) is 4.98 Å². The first kappa shape index (κ1) is 12.2. The van der Waals surface area contributed by atoms with Crippen LogP contribution in [0.25, 0.3) is 0 Å².